The Labute approximate surface area is 124 Å². The van der Waals surface area contributed by atoms with Crippen LogP contribution in [0, 0.1) is 5.92 Å². The molecule has 0 aromatic rings. The largest absolute Gasteiger partial charge is 0.355 e. The van der Waals surface area contributed by atoms with Crippen molar-refractivity contribution < 1.29 is 4.79 Å². The summed E-state index contributed by atoms with van der Waals surface area (Å²) in [6.45, 7) is 10.6. The number of nitrogens with two attached hydrogens (primary N) is 1. The normalized spacial score (nSPS) is 20.6. The molecular weight excluding hydrogens is 250 g/mol. The number of carbonyl (C=O) groups excluding carboxylic acids is 1. The van der Waals surface area contributed by atoms with Gasteiger partial charge in [0, 0.05) is 6.54 Å². The first-order valence-corrected chi connectivity index (χ1v) is 8.25. The monoisotopic (exact) mass is 283 g/mol. The molecule has 0 aromatic carbocycles. The molecule has 1 saturated heterocycles. The van der Waals surface area contributed by atoms with E-state index in [1.54, 1.807) is 0 Å². The predicted octanol–water partition coefficient (Wildman–Crippen LogP) is 2.13. The molecule has 1 atom stereocenters. The zero-order chi connectivity index (χ0) is 15.0. The summed E-state index contributed by atoms with van der Waals surface area (Å²) in [5.74, 6) is 0.887. The van der Waals surface area contributed by atoms with Crippen LogP contribution in [-0.4, -0.2) is 42.5 Å². The maximum absolute atomic E-state index is 11.9. The van der Waals surface area contributed by atoms with E-state index in [0.29, 0.717) is 0 Å². The van der Waals surface area contributed by atoms with Crippen molar-refractivity contribution >= 4 is 5.91 Å². The summed E-state index contributed by atoms with van der Waals surface area (Å²) in [6.07, 6.45) is 6.54. The van der Waals surface area contributed by atoms with Crippen LogP contribution >= 0.6 is 0 Å². The van der Waals surface area contributed by atoms with Gasteiger partial charge in [-0.1, -0.05) is 20.3 Å². The molecule has 1 heterocycles. The summed E-state index contributed by atoms with van der Waals surface area (Å²) in [5.41, 5.74) is 5.28. The quantitative estimate of drug-likeness (QED) is 0.671. The lowest BCUT2D eigenvalue weighted by molar-refractivity contribution is -0.126. The number of likely N-dealkylation sites (tertiary alicyclic amines) is 1. The minimum Gasteiger partial charge on any atom is -0.355 e. The lowest BCUT2D eigenvalue weighted by atomic mass is 9.96. The SMILES string of the molecule is CCCC(C)(N)C(=O)NCCCCN1CCC(C)CC1. The van der Waals surface area contributed by atoms with Crippen molar-refractivity contribution in [2.45, 2.75) is 64.8 Å². The number of unbranched alkanes of at least 4 members (excludes halogenated alkanes) is 1. The van der Waals surface area contributed by atoms with Crippen molar-refractivity contribution in [3.63, 3.8) is 0 Å². The number of hydrogen-bond acceptors (Lipinski definition) is 3. The number of amides is 1. The first-order valence-electron chi connectivity index (χ1n) is 8.25. The number of carbonyl (C=O) groups is 1. The van der Waals surface area contributed by atoms with Crippen LogP contribution in [0.25, 0.3) is 0 Å². The lowest BCUT2D eigenvalue weighted by Gasteiger charge is -2.30. The first-order chi connectivity index (χ1) is 9.45. The third-order valence-electron chi connectivity index (χ3n) is 4.35. The van der Waals surface area contributed by atoms with Gasteiger partial charge in [0.1, 0.15) is 0 Å². The molecule has 1 rings (SSSR count). The molecule has 4 nitrogen and oxygen atoms in total. The van der Waals surface area contributed by atoms with Crippen molar-refractivity contribution in [2.24, 2.45) is 11.7 Å². The number of hydrogen-bond donors (Lipinski definition) is 2. The number of rotatable bonds is 8. The second-order valence-corrected chi connectivity index (χ2v) is 6.65. The van der Waals surface area contributed by atoms with E-state index in [1.807, 2.05) is 6.92 Å². The molecule has 1 fully saturated rings. The van der Waals surface area contributed by atoms with E-state index >= 15 is 0 Å². The van der Waals surface area contributed by atoms with Crippen LogP contribution in [0.15, 0.2) is 0 Å². The molecule has 0 spiro atoms. The minimum absolute atomic E-state index is 0.00820. The third-order valence-corrected chi connectivity index (χ3v) is 4.35. The standard InChI is InChI=1S/C16H33N3O/c1-4-9-16(3,17)15(20)18-10-5-6-11-19-12-7-14(2)8-13-19/h14H,4-13,17H2,1-3H3,(H,18,20). The molecule has 0 bridgehead atoms. The zero-order valence-corrected chi connectivity index (χ0v) is 13.6. The second-order valence-electron chi connectivity index (χ2n) is 6.65. The molecule has 4 heteroatoms. The summed E-state index contributed by atoms with van der Waals surface area (Å²) >= 11 is 0. The Morgan fingerprint density at radius 2 is 2.00 bits per heavy atom. The van der Waals surface area contributed by atoms with E-state index in [9.17, 15) is 4.79 Å². The predicted molar refractivity (Wildman–Crippen MR) is 84.6 cm³/mol. The van der Waals surface area contributed by atoms with Crippen LogP contribution in [0.2, 0.25) is 0 Å². The summed E-state index contributed by atoms with van der Waals surface area (Å²) in [6, 6.07) is 0. The molecule has 1 aliphatic heterocycles. The maximum atomic E-state index is 11.9. The van der Waals surface area contributed by atoms with Crippen LogP contribution in [0.5, 0.6) is 0 Å². The summed E-state index contributed by atoms with van der Waals surface area (Å²) in [4.78, 5) is 14.5. The van der Waals surface area contributed by atoms with Crippen molar-refractivity contribution in [3.8, 4) is 0 Å². The lowest BCUT2D eigenvalue weighted by Crippen LogP contribution is -2.51. The average molecular weight is 283 g/mol. The average Bonchev–Trinajstić information content (AvgIpc) is 2.40. The Balaban J connectivity index is 2.06. The van der Waals surface area contributed by atoms with Gasteiger partial charge in [0.2, 0.25) is 5.91 Å². The molecule has 0 saturated carbocycles. The highest BCUT2D eigenvalue weighted by atomic mass is 16.2. The fourth-order valence-electron chi connectivity index (χ4n) is 2.78. The maximum Gasteiger partial charge on any atom is 0.239 e. The van der Waals surface area contributed by atoms with Gasteiger partial charge < -0.3 is 16.0 Å². The van der Waals surface area contributed by atoms with Crippen LogP contribution in [-0.2, 0) is 4.79 Å². The second kappa shape index (κ2) is 8.63. The van der Waals surface area contributed by atoms with E-state index in [2.05, 4.69) is 24.1 Å². The summed E-state index contributed by atoms with van der Waals surface area (Å²) in [7, 11) is 0. The van der Waals surface area contributed by atoms with Gasteiger partial charge >= 0.3 is 0 Å². The van der Waals surface area contributed by atoms with Crippen molar-refractivity contribution in [2.75, 3.05) is 26.2 Å². The topological polar surface area (TPSA) is 58.4 Å². The fraction of sp³-hybridized carbons (Fsp3) is 0.938. The fourth-order valence-corrected chi connectivity index (χ4v) is 2.78. The number of nitrogens with zero attached hydrogens (tertiary/aromatic N) is 1. The van der Waals surface area contributed by atoms with Crippen LogP contribution < -0.4 is 11.1 Å². The molecule has 1 unspecified atom stereocenters. The Morgan fingerprint density at radius 3 is 2.60 bits per heavy atom. The Morgan fingerprint density at radius 1 is 1.35 bits per heavy atom. The Kier molecular flexibility index (Phi) is 7.52. The van der Waals surface area contributed by atoms with Gasteiger partial charge in [-0.15, -0.1) is 0 Å². The molecule has 118 valence electrons. The van der Waals surface area contributed by atoms with E-state index in [-0.39, 0.29) is 5.91 Å². The first kappa shape index (κ1) is 17.4. The zero-order valence-electron chi connectivity index (χ0n) is 13.6. The third kappa shape index (κ3) is 6.23. The van der Waals surface area contributed by atoms with Gasteiger partial charge in [0.15, 0.2) is 0 Å². The molecular formula is C16H33N3O. The van der Waals surface area contributed by atoms with Crippen LogP contribution in [0.4, 0.5) is 0 Å². The molecule has 0 radical (unpaired) electrons. The molecule has 3 N–H and O–H groups in total. The van der Waals surface area contributed by atoms with Gasteiger partial charge in [-0.2, -0.15) is 0 Å². The van der Waals surface area contributed by atoms with Gasteiger partial charge in [0.25, 0.3) is 0 Å². The number of piperidine rings is 1. The van der Waals surface area contributed by atoms with E-state index in [4.69, 9.17) is 5.73 Å². The molecule has 20 heavy (non-hydrogen) atoms. The Hall–Kier alpha value is -0.610. The van der Waals surface area contributed by atoms with Crippen molar-refractivity contribution in [1.82, 2.24) is 10.2 Å². The Bertz CT molecular complexity index is 283. The minimum atomic E-state index is -0.711. The van der Waals surface area contributed by atoms with E-state index in [1.165, 1.54) is 25.9 Å². The molecule has 0 aliphatic carbocycles. The van der Waals surface area contributed by atoms with Crippen LogP contribution in [0.3, 0.4) is 0 Å². The van der Waals surface area contributed by atoms with Gasteiger partial charge in [-0.25, -0.2) is 0 Å². The summed E-state index contributed by atoms with van der Waals surface area (Å²) < 4.78 is 0. The highest BCUT2D eigenvalue weighted by Crippen LogP contribution is 2.16. The molecule has 0 aromatic heterocycles. The van der Waals surface area contributed by atoms with Gasteiger partial charge in [-0.3, -0.25) is 4.79 Å². The van der Waals surface area contributed by atoms with E-state index in [0.717, 1.165) is 44.7 Å². The van der Waals surface area contributed by atoms with Crippen LogP contribution in [0.1, 0.15) is 59.3 Å². The number of nitrogens with one attached hydrogen (secondary N) is 1. The summed E-state index contributed by atoms with van der Waals surface area (Å²) in [5, 5.41) is 2.97. The van der Waals surface area contributed by atoms with E-state index < -0.39 is 5.54 Å². The molecule has 1 amide bonds. The van der Waals surface area contributed by atoms with Gasteiger partial charge in [-0.05, 0) is 64.6 Å². The highest BCUT2D eigenvalue weighted by Gasteiger charge is 2.26. The van der Waals surface area contributed by atoms with Gasteiger partial charge in [0.05, 0.1) is 5.54 Å². The van der Waals surface area contributed by atoms with Crippen molar-refractivity contribution in [1.29, 1.82) is 0 Å². The smallest absolute Gasteiger partial charge is 0.239 e. The van der Waals surface area contributed by atoms with Crippen molar-refractivity contribution in [3.05, 3.63) is 0 Å². The molecule has 1 aliphatic rings. The highest BCUT2D eigenvalue weighted by molar-refractivity contribution is 5.85.